The average Bonchev–Trinajstić information content (AvgIpc) is 2.18. The molecule has 1 aromatic rings. The molecule has 0 atom stereocenters. The fourth-order valence-corrected chi connectivity index (χ4v) is 1.58. The Hall–Kier alpha value is -1.03. The van der Waals surface area contributed by atoms with E-state index in [0.717, 1.165) is 15.8 Å². The fraction of sp³-hybridized carbons (Fsp3) is 0.417. The fourth-order valence-electron chi connectivity index (χ4n) is 1.24. The van der Waals surface area contributed by atoms with Gasteiger partial charge in [0.25, 0.3) is 5.91 Å². The number of carbonyl (C=O) groups excluding carboxylic acids is 1. The molecule has 0 saturated carbocycles. The van der Waals surface area contributed by atoms with Gasteiger partial charge < -0.3 is 10.1 Å². The zero-order valence-electron chi connectivity index (χ0n) is 9.71. The summed E-state index contributed by atoms with van der Waals surface area (Å²) >= 11 is 3.36. The van der Waals surface area contributed by atoms with Gasteiger partial charge in [-0.2, -0.15) is 0 Å². The van der Waals surface area contributed by atoms with Crippen molar-refractivity contribution in [2.75, 3.05) is 6.61 Å². The van der Waals surface area contributed by atoms with Gasteiger partial charge in [-0.25, -0.2) is 0 Å². The first kappa shape index (κ1) is 13.0. The van der Waals surface area contributed by atoms with Crippen LogP contribution in [0.4, 0.5) is 0 Å². The number of aryl methyl sites for hydroxylation is 1. The van der Waals surface area contributed by atoms with Crippen LogP contribution in [0.1, 0.15) is 19.4 Å². The molecule has 0 unspecified atom stereocenters. The van der Waals surface area contributed by atoms with Gasteiger partial charge in [0.05, 0.1) is 0 Å². The van der Waals surface area contributed by atoms with Crippen molar-refractivity contribution in [3.8, 4) is 5.75 Å². The van der Waals surface area contributed by atoms with Crippen LogP contribution in [0, 0.1) is 6.92 Å². The van der Waals surface area contributed by atoms with Crippen molar-refractivity contribution < 1.29 is 9.53 Å². The topological polar surface area (TPSA) is 38.3 Å². The third-order valence-corrected chi connectivity index (χ3v) is 2.45. The molecule has 0 aromatic heterocycles. The van der Waals surface area contributed by atoms with Crippen LogP contribution >= 0.6 is 15.9 Å². The van der Waals surface area contributed by atoms with Gasteiger partial charge in [0.2, 0.25) is 0 Å². The summed E-state index contributed by atoms with van der Waals surface area (Å²) in [5.74, 6) is 0.627. The summed E-state index contributed by atoms with van der Waals surface area (Å²) in [7, 11) is 0. The summed E-state index contributed by atoms with van der Waals surface area (Å²) < 4.78 is 6.38. The van der Waals surface area contributed by atoms with E-state index < -0.39 is 0 Å². The van der Waals surface area contributed by atoms with Crippen molar-refractivity contribution >= 4 is 21.8 Å². The van der Waals surface area contributed by atoms with E-state index in [9.17, 15) is 4.79 Å². The molecule has 1 N–H and O–H groups in total. The van der Waals surface area contributed by atoms with E-state index in [2.05, 4.69) is 21.2 Å². The Morgan fingerprint density at radius 2 is 2.19 bits per heavy atom. The minimum absolute atomic E-state index is 0.0511. The number of ether oxygens (including phenoxy) is 1. The first-order chi connectivity index (χ1) is 7.49. The lowest BCUT2D eigenvalue weighted by Crippen LogP contribution is -2.34. The molecule has 1 aromatic carbocycles. The number of hydrogen-bond acceptors (Lipinski definition) is 2. The molecule has 0 fully saturated rings. The quantitative estimate of drug-likeness (QED) is 0.924. The van der Waals surface area contributed by atoms with Crippen LogP contribution < -0.4 is 10.1 Å². The summed E-state index contributed by atoms with van der Waals surface area (Å²) in [6, 6.07) is 5.88. The number of carbonyl (C=O) groups is 1. The molecule has 88 valence electrons. The van der Waals surface area contributed by atoms with Crippen molar-refractivity contribution in [2.45, 2.75) is 26.8 Å². The first-order valence-electron chi connectivity index (χ1n) is 5.17. The van der Waals surface area contributed by atoms with Gasteiger partial charge in [-0.05, 0) is 38.5 Å². The molecule has 0 heterocycles. The Bertz CT molecular complexity index is 377. The van der Waals surface area contributed by atoms with E-state index in [1.54, 1.807) is 0 Å². The zero-order valence-corrected chi connectivity index (χ0v) is 11.3. The van der Waals surface area contributed by atoms with Crippen LogP contribution in [0.15, 0.2) is 22.7 Å². The van der Waals surface area contributed by atoms with E-state index >= 15 is 0 Å². The number of halogens is 1. The van der Waals surface area contributed by atoms with Crippen molar-refractivity contribution in [1.82, 2.24) is 5.32 Å². The van der Waals surface area contributed by atoms with Crippen molar-refractivity contribution in [3.05, 3.63) is 28.2 Å². The number of hydrogen-bond donors (Lipinski definition) is 1. The smallest absolute Gasteiger partial charge is 0.258 e. The molecule has 0 radical (unpaired) electrons. The molecular formula is C12H16BrNO2. The standard InChI is InChI=1S/C12H16BrNO2/c1-8(2)14-12(15)7-16-11-6-10(13)5-4-9(11)3/h4-6,8H,7H2,1-3H3,(H,14,15). The molecule has 3 nitrogen and oxygen atoms in total. The summed E-state index contributed by atoms with van der Waals surface area (Å²) in [4.78, 5) is 11.4. The lowest BCUT2D eigenvalue weighted by Gasteiger charge is -2.11. The first-order valence-corrected chi connectivity index (χ1v) is 5.96. The normalized spacial score (nSPS) is 10.3. The van der Waals surface area contributed by atoms with E-state index in [0.29, 0.717) is 0 Å². The van der Waals surface area contributed by atoms with E-state index in [-0.39, 0.29) is 18.6 Å². The molecule has 1 amide bonds. The Morgan fingerprint density at radius 1 is 1.50 bits per heavy atom. The second kappa shape index (κ2) is 5.89. The average molecular weight is 286 g/mol. The molecule has 1 rings (SSSR count). The van der Waals surface area contributed by atoms with Crippen LogP contribution in [0.5, 0.6) is 5.75 Å². The second-order valence-electron chi connectivity index (χ2n) is 3.92. The number of benzene rings is 1. The molecule has 0 spiro atoms. The monoisotopic (exact) mass is 285 g/mol. The van der Waals surface area contributed by atoms with Gasteiger partial charge in [0, 0.05) is 10.5 Å². The predicted molar refractivity (Wildman–Crippen MR) is 67.7 cm³/mol. The van der Waals surface area contributed by atoms with Crippen LogP contribution in [-0.4, -0.2) is 18.6 Å². The highest BCUT2D eigenvalue weighted by atomic mass is 79.9. The predicted octanol–water partition coefficient (Wildman–Crippen LogP) is 2.66. The van der Waals surface area contributed by atoms with Crippen molar-refractivity contribution in [2.24, 2.45) is 0 Å². The number of nitrogens with one attached hydrogen (secondary N) is 1. The molecule has 0 aliphatic heterocycles. The van der Waals surface area contributed by atoms with Gasteiger partial charge in [-0.1, -0.05) is 22.0 Å². The molecule has 0 aliphatic carbocycles. The summed E-state index contributed by atoms with van der Waals surface area (Å²) in [6.45, 7) is 5.84. The Labute approximate surface area is 104 Å². The lowest BCUT2D eigenvalue weighted by atomic mass is 10.2. The summed E-state index contributed by atoms with van der Waals surface area (Å²) in [5, 5.41) is 2.77. The van der Waals surface area contributed by atoms with Crippen molar-refractivity contribution in [3.63, 3.8) is 0 Å². The summed E-state index contributed by atoms with van der Waals surface area (Å²) in [5.41, 5.74) is 1.01. The highest BCUT2D eigenvalue weighted by molar-refractivity contribution is 9.10. The third kappa shape index (κ3) is 4.23. The van der Waals surface area contributed by atoms with E-state index in [4.69, 9.17) is 4.74 Å². The Balaban J connectivity index is 2.54. The van der Waals surface area contributed by atoms with E-state index in [1.807, 2.05) is 39.0 Å². The van der Waals surface area contributed by atoms with Gasteiger partial charge in [-0.15, -0.1) is 0 Å². The van der Waals surface area contributed by atoms with E-state index in [1.165, 1.54) is 0 Å². The van der Waals surface area contributed by atoms with Gasteiger partial charge in [-0.3, -0.25) is 4.79 Å². The summed E-state index contributed by atoms with van der Waals surface area (Å²) in [6.07, 6.45) is 0. The second-order valence-corrected chi connectivity index (χ2v) is 4.84. The maximum absolute atomic E-state index is 11.4. The van der Waals surface area contributed by atoms with Crippen LogP contribution in [0.3, 0.4) is 0 Å². The van der Waals surface area contributed by atoms with Crippen LogP contribution in [-0.2, 0) is 4.79 Å². The zero-order chi connectivity index (χ0) is 12.1. The largest absolute Gasteiger partial charge is 0.483 e. The Morgan fingerprint density at radius 3 is 2.81 bits per heavy atom. The molecular weight excluding hydrogens is 270 g/mol. The Kier molecular flexibility index (Phi) is 4.80. The lowest BCUT2D eigenvalue weighted by molar-refractivity contribution is -0.123. The molecule has 4 heteroatoms. The minimum atomic E-state index is -0.102. The number of amides is 1. The molecule has 0 saturated heterocycles. The van der Waals surface area contributed by atoms with Crippen molar-refractivity contribution in [1.29, 1.82) is 0 Å². The SMILES string of the molecule is Cc1ccc(Br)cc1OCC(=O)NC(C)C. The third-order valence-electron chi connectivity index (χ3n) is 1.96. The molecule has 0 aliphatic rings. The maximum Gasteiger partial charge on any atom is 0.258 e. The van der Waals surface area contributed by atoms with Gasteiger partial charge in [0.15, 0.2) is 6.61 Å². The minimum Gasteiger partial charge on any atom is -0.483 e. The van der Waals surface area contributed by atoms with Crippen LogP contribution in [0.25, 0.3) is 0 Å². The molecule has 0 bridgehead atoms. The maximum atomic E-state index is 11.4. The highest BCUT2D eigenvalue weighted by Crippen LogP contribution is 2.22. The molecule has 16 heavy (non-hydrogen) atoms. The number of rotatable bonds is 4. The highest BCUT2D eigenvalue weighted by Gasteiger charge is 2.06. The van der Waals surface area contributed by atoms with Gasteiger partial charge >= 0.3 is 0 Å². The van der Waals surface area contributed by atoms with Crippen LogP contribution in [0.2, 0.25) is 0 Å². The van der Waals surface area contributed by atoms with Gasteiger partial charge in [0.1, 0.15) is 5.75 Å².